The third-order valence-electron chi connectivity index (χ3n) is 5.50. The maximum Gasteiger partial charge on any atom is 0.251 e. The van der Waals surface area contributed by atoms with Gasteiger partial charge in [-0.15, -0.1) is 0 Å². The number of nitrogens with zero attached hydrogens (tertiary/aromatic N) is 2. The molecular formula is C24H32FN3O5S. The Bertz CT molecular complexity index is 1070. The molecule has 34 heavy (non-hydrogen) atoms. The van der Waals surface area contributed by atoms with E-state index in [1.165, 1.54) is 10.4 Å². The van der Waals surface area contributed by atoms with Crippen molar-refractivity contribution >= 4 is 21.6 Å². The van der Waals surface area contributed by atoms with Crippen LogP contribution >= 0.6 is 0 Å². The van der Waals surface area contributed by atoms with Crippen LogP contribution in [0.1, 0.15) is 30.6 Å². The SMILES string of the molecule is CCOc1ccc(C(=O)NCCCS(=O)(=O)N2CCN(c3ccccc3F)CC2)cc1OCC. The van der Waals surface area contributed by atoms with Crippen molar-refractivity contribution < 1.29 is 27.1 Å². The normalized spacial score (nSPS) is 14.6. The number of ether oxygens (including phenoxy) is 2. The van der Waals surface area contributed by atoms with Gasteiger partial charge in [0.25, 0.3) is 5.91 Å². The van der Waals surface area contributed by atoms with E-state index in [9.17, 15) is 17.6 Å². The second-order valence-corrected chi connectivity index (χ2v) is 9.88. The average molecular weight is 494 g/mol. The maximum atomic E-state index is 14.0. The predicted octanol–water partition coefficient (Wildman–Crippen LogP) is 2.90. The molecule has 1 heterocycles. The smallest absolute Gasteiger partial charge is 0.251 e. The first kappa shape index (κ1) is 25.8. The first-order valence-electron chi connectivity index (χ1n) is 11.5. The summed E-state index contributed by atoms with van der Waals surface area (Å²) < 4.78 is 51.9. The highest BCUT2D eigenvalue weighted by atomic mass is 32.2. The molecule has 2 aromatic carbocycles. The van der Waals surface area contributed by atoms with E-state index in [0.29, 0.717) is 62.1 Å². The molecule has 0 spiro atoms. The number of anilines is 1. The van der Waals surface area contributed by atoms with Crippen molar-refractivity contribution in [2.24, 2.45) is 0 Å². The Morgan fingerprint density at radius 1 is 1.00 bits per heavy atom. The van der Waals surface area contributed by atoms with E-state index in [4.69, 9.17) is 9.47 Å². The molecule has 1 saturated heterocycles. The molecule has 1 fully saturated rings. The number of carbonyl (C=O) groups is 1. The number of hydrogen-bond donors (Lipinski definition) is 1. The van der Waals surface area contributed by atoms with Gasteiger partial charge in [0.2, 0.25) is 10.0 Å². The molecule has 8 nitrogen and oxygen atoms in total. The van der Waals surface area contributed by atoms with Crippen LogP contribution in [0.5, 0.6) is 11.5 Å². The van der Waals surface area contributed by atoms with Gasteiger partial charge in [0, 0.05) is 38.3 Å². The van der Waals surface area contributed by atoms with E-state index in [1.807, 2.05) is 18.7 Å². The van der Waals surface area contributed by atoms with Crippen LogP contribution in [0.3, 0.4) is 0 Å². The first-order chi connectivity index (χ1) is 16.4. The fraction of sp³-hybridized carbons (Fsp3) is 0.458. The zero-order chi connectivity index (χ0) is 24.6. The summed E-state index contributed by atoms with van der Waals surface area (Å²) in [6, 6.07) is 11.5. The van der Waals surface area contributed by atoms with E-state index >= 15 is 0 Å². The number of benzene rings is 2. The zero-order valence-electron chi connectivity index (χ0n) is 19.6. The number of nitrogens with one attached hydrogen (secondary N) is 1. The minimum Gasteiger partial charge on any atom is -0.490 e. The van der Waals surface area contributed by atoms with Gasteiger partial charge in [-0.25, -0.2) is 12.8 Å². The summed E-state index contributed by atoms with van der Waals surface area (Å²) in [6.07, 6.45) is 0.289. The molecule has 1 aliphatic rings. The molecular weight excluding hydrogens is 461 g/mol. The van der Waals surface area contributed by atoms with E-state index in [2.05, 4.69) is 5.32 Å². The molecule has 0 atom stereocenters. The Kier molecular flexibility index (Phi) is 9.12. The summed E-state index contributed by atoms with van der Waals surface area (Å²) in [5, 5.41) is 2.76. The number of carbonyl (C=O) groups excluding carboxylic acids is 1. The number of piperazine rings is 1. The van der Waals surface area contributed by atoms with Crippen LogP contribution < -0.4 is 19.7 Å². The van der Waals surface area contributed by atoms with Crippen molar-refractivity contribution in [1.29, 1.82) is 0 Å². The molecule has 1 aliphatic heterocycles. The van der Waals surface area contributed by atoms with Crippen LogP contribution in [0.15, 0.2) is 42.5 Å². The van der Waals surface area contributed by atoms with Gasteiger partial charge in [-0.3, -0.25) is 4.79 Å². The number of rotatable bonds is 11. The molecule has 0 radical (unpaired) electrons. The molecule has 2 aromatic rings. The third-order valence-corrected chi connectivity index (χ3v) is 7.45. The van der Waals surface area contributed by atoms with Crippen LogP contribution in [-0.4, -0.2) is 70.3 Å². The third kappa shape index (κ3) is 6.60. The predicted molar refractivity (Wildman–Crippen MR) is 130 cm³/mol. The van der Waals surface area contributed by atoms with Gasteiger partial charge >= 0.3 is 0 Å². The second kappa shape index (κ2) is 12.0. The molecule has 3 rings (SSSR count). The Morgan fingerprint density at radius 3 is 2.35 bits per heavy atom. The van der Waals surface area contributed by atoms with Gasteiger partial charge in [0.1, 0.15) is 5.82 Å². The summed E-state index contributed by atoms with van der Waals surface area (Å²) in [6.45, 7) is 6.33. The minimum absolute atomic E-state index is 0.0690. The molecule has 10 heteroatoms. The fourth-order valence-corrected chi connectivity index (χ4v) is 5.28. The Balaban J connectivity index is 1.46. The molecule has 0 aliphatic carbocycles. The fourth-order valence-electron chi connectivity index (χ4n) is 3.80. The molecule has 0 bridgehead atoms. The summed E-state index contributed by atoms with van der Waals surface area (Å²) in [5.41, 5.74) is 0.906. The van der Waals surface area contributed by atoms with Crippen molar-refractivity contribution in [3.63, 3.8) is 0 Å². The molecule has 1 amide bonds. The van der Waals surface area contributed by atoms with Gasteiger partial charge in [-0.1, -0.05) is 12.1 Å². The lowest BCUT2D eigenvalue weighted by atomic mass is 10.2. The highest BCUT2D eigenvalue weighted by Crippen LogP contribution is 2.28. The summed E-state index contributed by atoms with van der Waals surface area (Å²) in [7, 11) is -3.46. The van der Waals surface area contributed by atoms with E-state index in [-0.39, 0.29) is 30.4 Å². The summed E-state index contributed by atoms with van der Waals surface area (Å²) in [5.74, 6) is 0.382. The highest BCUT2D eigenvalue weighted by Gasteiger charge is 2.27. The lowest BCUT2D eigenvalue weighted by Crippen LogP contribution is -2.49. The quantitative estimate of drug-likeness (QED) is 0.485. The number of para-hydroxylation sites is 1. The van der Waals surface area contributed by atoms with Crippen molar-refractivity contribution in [3.8, 4) is 11.5 Å². The Hall–Kier alpha value is -2.85. The Morgan fingerprint density at radius 2 is 1.68 bits per heavy atom. The Labute approximate surface area is 200 Å². The van der Waals surface area contributed by atoms with Gasteiger partial charge in [0.15, 0.2) is 11.5 Å². The van der Waals surface area contributed by atoms with Gasteiger partial charge in [-0.2, -0.15) is 4.31 Å². The monoisotopic (exact) mass is 493 g/mol. The maximum absolute atomic E-state index is 14.0. The molecule has 0 saturated carbocycles. The van der Waals surface area contributed by atoms with Crippen molar-refractivity contribution in [2.75, 3.05) is 56.6 Å². The van der Waals surface area contributed by atoms with Crippen molar-refractivity contribution in [2.45, 2.75) is 20.3 Å². The standard InChI is InChI=1S/C24H32FN3O5S/c1-3-32-22-11-10-19(18-23(22)33-4-2)24(29)26-12-7-17-34(30,31)28-15-13-27(14-16-28)21-9-6-5-8-20(21)25/h5-6,8-11,18H,3-4,7,12-17H2,1-2H3,(H,26,29). The topological polar surface area (TPSA) is 88.2 Å². The van der Waals surface area contributed by atoms with Crippen LogP contribution in [-0.2, 0) is 10.0 Å². The van der Waals surface area contributed by atoms with Crippen molar-refractivity contribution in [1.82, 2.24) is 9.62 Å². The van der Waals surface area contributed by atoms with Crippen LogP contribution in [0.25, 0.3) is 0 Å². The molecule has 1 N–H and O–H groups in total. The van der Waals surface area contributed by atoms with Crippen molar-refractivity contribution in [3.05, 3.63) is 53.8 Å². The van der Waals surface area contributed by atoms with Crippen LogP contribution in [0.2, 0.25) is 0 Å². The molecule has 0 aromatic heterocycles. The molecule has 186 valence electrons. The number of halogens is 1. The van der Waals surface area contributed by atoms with Crippen LogP contribution in [0.4, 0.5) is 10.1 Å². The summed E-state index contributed by atoms with van der Waals surface area (Å²) >= 11 is 0. The van der Waals surface area contributed by atoms with Gasteiger partial charge in [0.05, 0.1) is 24.7 Å². The summed E-state index contributed by atoms with van der Waals surface area (Å²) in [4.78, 5) is 14.3. The largest absolute Gasteiger partial charge is 0.490 e. The van der Waals surface area contributed by atoms with E-state index in [1.54, 1.807) is 36.4 Å². The second-order valence-electron chi connectivity index (χ2n) is 7.79. The van der Waals surface area contributed by atoms with Gasteiger partial charge < -0.3 is 19.7 Å². The number of amides is 1. The number of sulfonamides is 1. The average Bonchev–Trinajstić information content (AvgIpc) is 2.83. The lowest BCUT2D eigenvalue weighted by Gasteiger charge is -2.35. The highest BCUT2D eigenvalue weighted by molar-refractivity contribution is 7.89. The zero-order valence-corrected chi connectivity index (χ0v) is 20.4. The van der Waals surface area contributed by atoms with E-state index < -0.39 is 10.0 Å². The lowest BCUT2D eigenvalue weighted by molar-refractivity contribution is 0.0953. The van der Waals surface area contributed by atoms with Gasteiger partial charge in [-0.05, 0) is 50.6 Å². The minimum atomic E-state index is -3.46. The molecule has 0 unspecified atom stereocenters. The number of hydrogen-bond acceptors (Lipinski definition) is 6. The van der Waals surface area contributed by atoms with Crippen LogP contribution in [0, 0.1) is 5.82 Å². The van der Waals surface area contributed by atoms with E-state index in [0.717, 1.165) is 0 Å². The first-order valence-corrected chi connectivity index (χ1v) is 13.1.